The molecule has 0 radical (unpaired) electrons. The molecular formula is C21H25NO3. The fourth-order valence-corrected chi connectivity index (χ4v) is 3.23. The Balaban J connectivity index is 1.99. The van der Waals surface area contributed by atoms with Crippen LogP contribution >= 0.6 is 0 Å². The zero-order valence-electron chi connectivity index (χ0n) is 15.1. The van der Waals surface area contributed by atoms with Gasteiger partial charge in [0.25, 0.3) is 0 Å². The predicted molar refractivity (Wildman–Crippen MR) is 98.6 cm³/mol. The lowest BCUT2D eigenvalue weighted by atomic mass is 9.97. The van der Waals surface area contributed by atoms with Gasteiger partial charge in [0.15, 0.2) is 11.5 Å². The molecular weight excluding hydrogens is 314 g/mol. The van der Waals surface area contributed by atoms with E-state index in [-0.39, 0.29) is 17.6 Å². The predicted octanol–water partition coefficient (Wildman–Crippen LogP) is 4.13. The van der Waals surface area contributed by atoms with E-state index in [4.69, 9.17) is 4.74 Å². The smallest absolute Gasteiger partial charge is 0.225 e. The normalized spacial score (nSPS) is 15.1. The Labute approximate surface area is 149 Å². The molecule has 1 N–H and O–H groups in total. The average molecular weight is 339 g/mol. The van der Waals surface area contributed by atoms with E-state index >= 15 is 0 Å². The zero-order chi connectivity index (χ0) is 18.0. The third-order valence-corrected chi connectivity index (χ3v) is 4.92. The molecule has 0 aliphatic carbocycles. The van der Waals surface area contributed by atoms with Crippen molar-refractivity contribution in [2.24, 2.45) is 5.92 Å². The molecule has 0 spiro atoms. The summed E-state index contributed by atoms with van der Waals surface area (Å²) in [6, 6.07) is 11.8. The number of carbonyl (C=O) groups is 1. The summed E-state index contributed by atoms with van der Waals surface area (Å²) in [5.74, 6) is 0.764. The van der Waals surface area contributed by atoms with Gasteiger partial charge in [-0.3, -0.25) is 4.79 Å². The average Bonchev–Trinajstić information content (AvgIpc) is 2.83. The molecule has 0 bridgehead atoms. The number of rotatable bonds is 3. The van der Waals surface area contributed by atoms with E-state index in [1.54, 1.807) is 6.07 Å². The van der Waals surface area contributed by atoms with Crippen molar-refractivity contribution in [3.05, 3.63) is 47.5 Å². The molecule has 0 unspecified atom stereocenters. The van der Waals surface area contributed by atoms with Crippen molar-refractivity contribution in [3.63, 3.8) is 0 Å². The van der Waals surface area contributed by atoms with E-state index in [0.29, 0.717) is 25.4 Å². The number of phenolic OH excluding ortho intramolecular Hbond substituents is 1. The van der Waals surface area contributed by atoms with Crippen LogP contribution in [-0.2, 0) is 11.3 Å². The van der Waals surface area contributed by atoms with E-state index < -0.39 is 0 Å². The first kappa shape index (κ1) is 17.3. The van der Waals surface area contributed by atoms with Gasteiger partial charge in [-0.15, -0.1) is 0 Å². The van der Waals surface area contributed by atoms with E-state index in [0.717, 1.165) is 28.7 Å². The summed E-state index contributed by atoms with van der Waals surface area (Å²) >= 11 is 0. The van der Waals surface area contributed by atoms with E-state index in [1.807, 2.05) is 56.0 Å². The topological polar surface area (TPSA) is 49.8 Å². The van der Waals surface area contributed by atoms with Crippen molar-refractivity contribution < 1.29 is 14.6 Å². The number of hydrogen-bond acceptors (Lipinski definition) is 3. The zero-order valence-corrected chi connectivity index (χ0v) is 15.1. The molecule has 4 heteroatoms. The van der Waals surface area contributed by atoms with Gasteiger partial charge in [-0.2, -0.15) is 0 Å². The van der Waals surface area contributed by atoms with Gasteiger partial charge >= 0.3 is 0 Å². The van der Waals surface area contributed by atoms with E-state index in [9.17, 15) is 9.90 Å². The first-order chi connectivity index (χ1) is 12.0. The molecule has 1 heterocycles. The summed E-state index contributed by atoms with van der Waals surface area (Å²) in [6.07, 6.45) is 0.817. The molecule has 0 saturated heterocycles. The first-order valence-electron chi connectivity index (χ1n) is 8.84. The molecule has 1 amide bonds. The number of fused-ring (bicyclic) bond motifs is 1. The number of aromatic hydroxyl groups is 1. The number of benzene rings is 2. The number of phenols is 1. The highest BCUT2D eigenvalue weighted by atomic mass is 16.5. The molecule has 4 nitrogen and oxygen atoms in total. The Hall–Kier alpha value is -2.49. The number of ether oxygens (including phenoxy) is 1. The van der Waals surface area contributed by atoms with Crippen LogP contribution in [0, 0.1) is 12.8 Å². The molecule has 132 valence electrons. The second kappa shape index (κ2) is 7.18. The van der Waals surface area contributed by atoms with Crippen molar-refractivity contribution in [2.45, 2.75) is 33.7 Å². The Bertz CT molecular complexity index is 785. The van der Waals surface area contributed by atoms with Crippen molar-refractivity contribution in [1.82, 2.24) is 4.90 Å². The lowest BCUT2D eigenvalue weighted by molar-refractivity contribution is -0.135. The molecule has 2 aromatic rings. The largest absolute Gasteiger partial charge is 0.504 e. The number of nitrogens with zero attached hydrogens (tertiary/aromatic N) is 1. The highest BCUT2D eigenvalue weighted by molar-refractivity contribution is 5.79. The van der Waals surface area contributed by atoms with Crippen LogP contribution in [-0.4, -0.2) is 29.1 Å². The van der Waals surface area contributed by atoms with Crippen LogP contribution < -0.4 is 4.74 Å². The van der Waals surface area contributed by atoms with Gasteiger partial charge in [-0.1, -0.05) is 38.1 Å². The van der Waals surface area contributed by atoms with Crippen molar-refractivity contribution in [1.29, 1.82) is 0 Å². The molecule has 1 aliphatic heterocycles. The van der Waals surface area contributed by atoms with Gasteiger partial charge in [0.05, 0.1) is 6.54 Å². The van der Waals surface area contributed by atoms with Crippen LogP contribution in [0.3, 0.4) is 0 Å². The minimum absolute atomic E-state index is 0.00491. The maximum absolute atomic E-state index is 12.6. The molecule has 0 fully saturated rings. The minimum Gasteiger partial charge on any atom is -0.504 e. The molecule has 0 aromatic heterocycles. The van der Waals surface area contributed by atoms with Crippen LogP contribution in [0.2, 0.25) is 0 Å². The minimum atomic E-state index is -0.00491. The summed E-state index contributed by atoms with van der Waals surface area (Å²) < 4.78 is 5.75. The third kappa shape index (κ3) is 3.48. The lowest BCUT2D eigenvalue weighted by Crippen LogP contribution is -2.36. The molecule has 25 heavy (non-hydrogen) atoms. The second-order valence-electron chi connectivity index (χ2n) is 6.72. The maximum atomic E-state index is 12.6. The van der Waals surface area contributed by atoms with Crippen molar-refractivity contribution in [3.8, 4) is 22.6 Å². The van der Waals surface area contributed by atoms with E-state index in [2.05, 4.69) is 0 Å². The summed E-state index contributed by atoms with van der Waals surface area (Å²) in [4.78, 5) is 14.4. The number of aryl methyl sites for hydroxylation is 1. The quantitative estimate of drug-likeness (QED) is 0.914. The molecule has 3 rings (SSSR count). The van der Waals surface area contributed by atoms with Gasteiger partial charge in [-0.05, 0) is 42.2 Å². The van der Waals surface area contributed by atoms with Crippen LogP contribution in [0.15, 0.2) is 36.4 Å². The molecule has 1 atom stereocenters. The summed E-state index contributed by atoms with van der Waals surface area (Å²) in [7, 11) is 0. The fourth-order valence-electron chi connectivity index (χ4n) is 3.23. The fraction of sp³-hybridized carbons (Fsp3) is 0.381. The summed E-state index contributed by atoms with van der Waals surface area (Å²) in [5.41, 5.74) is 4.01. The number of amides is 1. The second-order valence-corrected chi connectivity index (χ2v) is 6.72. The van der Waals surface area contributed by atoms with Crippen LogP contribution in [0.25, 0.3) is 11.1 Å². The van der Waals surface area contributed by atoms with Crippen LogP contribution in [0.4, 0.5) is 0 Å². The van der Waals surface area contributed by atoms with Crippen LogP contribution in [0.1, 0.15) is 31.4 Å². The SMILES string of the molecule is CC[C@H](C)C(=O)N1CCOc2c(O)cc(-c3ccccc3C)cc2C1. The Kier molecular flexibility index (Phi) is 4.98. The summed E-state index contributed by atoms with van der Waals surface area (Å²) in [6.45, 7) is 7.42. The maximum Gasteiger partial charge on any atom is 0.225 e. The molecule has 0 saturated carbocycles. The standard InChI is InChI=1S/C21H25NO3/c1-4-14(2)21(24)22-9-10-25-20-17(13-22)11-16(12-19(20)23)18-8-6-5-7-15(18)3/h5-8,11-12,14,23H,4,9-10,13H2,1-3H3/t14-/m0/s1. The Morgan fingerprint density at radius 1 is 1.32 bits per heavy atom. The monoisotopic (exact) mass is 339 g/mol. The molecule has 2 aromatic carbocycles. The highest BCUT2D eigenvalue weighted by Gasteiger charge is 2.25. The Morgan fingerprint density at radius 3 is 2.80 bits per heavy atom. The van der Waals surface area contributed by atoms with E-state index in [1.165, 1.54) is 0 Å². The van der Waals surface area contributed by atoms with Gasteiger partial charge < -0.3 is 14.7 Å². The van der Waals surface area contributed by atoms with Gasteiger partial charge in [0.1, 0.15) is 6.61 Å². The number of hydrogen-bond donors (Lipinski definition) is 1. The number of carbonyl (C=O) groups excluding carboxylic acids is 1. The first-order valence-corrected chi connectivity index (χ1v) is 8.84. The van der Waals surface area contributed by atoms with Gasteiger partial charge in [0, 0.05) is 18.0 Å². The summed E-state index contributed by atoms with van der Waals surface area (Å²) in [5, 5.41) is 10.5. The Morgan fingerprint density at radius 2 is 2.08 bits per heavy atom. The van der Waals surface area contributed by atoms with Gasteiger partial charge in [0.2, 0.25) is 5.91 Å². The van der Waals surface area contributed by atoms with Crippen molar-refractivity contribution >= 4 is 5.91 Å². The van der Waals surface area contributed by atoms with Crippen molar-refractivity contribution in [2.75, 3.05) is 13.2 Å². The highest BCUT2D eigenvalue weighted by Crippen LogP contribution is 2.38. The van der Waals surface area contributed by atoms with Gasteiger partial charge in [-0.25, -0.2) is 0 Å². The third-order valence-electron chi connectivity index (χ3n) is 4.92. The van der Waals surface area contributed by atoms with Crippen LogP contribution in [0.5, 0.6) is 11.5 Å². The molecule has 1 aliphatic rings. The lowest BCUT2D eigenvalue weighted by Gasteiger charge is -2.23.